The summed E-state index contributed by atoms with van der Waals surface area (Å²) in [6, 6.07) is 5.86. The Hall–Kier alpha value is -1.07. The minimum Gasteiger partial charge on any atom is -0.496 e. The zero-order chi connectivity index (χ0) is 13.4. The first-order valence-electron chi connectivity index (χ1n) is 5.91. The third-order valence-electron chi connectivity index (χ3n) is 2.55. The van der Waals surface area contributed by atoms with Gasteiger partial charge in [0.05, 0.1) is 11.6 Å². The smallest absolute Gasteiger partial charge is 0.220 e. The molecule has 0 radical (unpaired) electrons. The average molecular weight is 315 g/mol. The van der Waals surface area contributed by atoms with Gasteiger partial charge in [-0.05, 0) is 47.1 Å². The predicted molar refractivity (Wildman–Crippen MR) is 76.0 cm³/mol. The molecule has 0 saturated carbocycles. The normalized spacial score (nSPS) is 10.2. The number of likely N-dealkylation sites (N-methyl/N-ethyl adjacent to an activating group) is 1. The van der Waals surface area contributed by atoms with Gasteiger partial charge in [0.15, 0.2) is 0 Å². The second kappa shape index (κ2) is 8.11. The standard InChI is InChI=1S/C13H19BrN2O2/c1-15-7-8-16-13(17)6-4-10-3-5-12(18-2)11(14)9-10/h3,5,9,15H,4,6-8H2,1-2H3,(H,16,17). The lowest BCUT2D eigenvalue weighted by molar-refractivity contribution is -0.121. The number of benzene rings is 1. The Morgan fingerprint density at radius 2 is 2.17 bits per heavy atom. The van der Waals surface area contributed by atoms with Gasteiger partial charge >= 0.3 is 0 Å². The number of carbonyl (C=O) groups excluding carboxylic acids is 1. The maximum atomic E-state index is 11.5. The molecule has 18 heavy (non-hydrogen) atoms. The van der Waals surface area contributed by atoms with Crippen LogP contribution in [0.25, 0.3) is 0 Å². The number of amides is 1. The average Bonchev–Trinajstić information content (AvgIpc) is 2.37. The van der Waals surface area contributed by atoms with Crippen LogP contribution in [0.5, 0.6) is 5.75 Å². The van der Waals surface area contributed by atoms with Crippen LogP contribution in [0.3, 0.4) is 0 Å². The molecular formula is C13H19BrN2O2. The Balaban J connectivity index is 2.39. The molecule has 0 bridgehead atoms. The lowest BCUT2D eigenvalue weighted by Gasteiger charge is -2.07. The van der Waals surface area contributed by atoms with E-state index in [2.05, 4.69) is 26.6 Å². The molecule has 2 N–H and O–H groups in total. The van der Waals surface area contributed by atoms with E-state index in [1.807, 2.05) is 25.2 Å². The molecule has 1 rings (SSSR count). The van der Waals surface area contributed by atoms with E-state index in [0.29, 0.717) is 13.0 Å². The molecule has 0 aliphatic carbocycles. The molecule has 0 aliphatic rings. The van der Waals surface area contributed by atoms with E-state index in [0.717, 1.165) is 28.8 Å². The molecule has 0 fully saturated rings. The molecule has 0 aromatic heterocycles. The summed E-state index contributed by atoms with van der Waals surface area (Å²) in [5.41, 5.74) is 1.12. The van der Waals surface area contributed by atoms with Crippen LogP contribution in [-0.2, 0) is 11.2 Å². The fraction of sp³-hybridized carbons (Fsp3) is 0.462. The van der Waals surface area contributed by atoms with Crippen LogP contribution in [0.4, 0.5) is 0 Å². The molecule has 0 heterocycles. The molecular weight excluding hydrogens is 296 g/mol. The van der Waals surface area contributed by atoms with Crippen LogP contribution in [0.15, 0.2) is 22.7 Å². The minimum atomic E-state index is 0.0807. The highest BCUT2D eigenvalue weighted by atomic mass is 79.9. The summed E-state index contributed by atoms with van der Waals surface area (Å²) < 4.78 is 6.07. The highest BCUT2D eigenvalue weighted by Gasteiger charge is 2.04. The molecule has 1 aromatic carbocycles. The summed E-state index contributed by atoms with van der Waals surface area (Å²) in [4.78, 5) is 11.5. The van der Waals surface area contributed by atoms with Crippen molar-refractivity contribution in [2.75, 3.05) is 27.2 Å². The Labute approximate surface area is 116 Å². The molecule has 0 saturated heterocycles. The molecule has 0 atom stereocenters. The summed E-state index contributed by atoms with van der Waals surface area (Å²) in [6.45, 7) is 1.46. The monoisotopic (exact) mass is 314 g/mol. The highest BCUT2D eigenvalue weighted by Crippen LogP contribution is 2.25. The van der Waals surface area contributed by atoms with Crippen LogP contribution in [-0.4, -0.2) is 33.2 Å². The van der Waals surface area contributed by atoms with Gasteiger partial charge in [0, 0.05) is 19.5 Å². The van der Waals surface area contributed by atoms with Crippen LogP contribution in [0, 0.1) is 0 Å². The van der Waals surface area contributed by atoms with Gasteiger partial charge in [0.1, 0.15) is 5.75 Å². The number of nitrogens with one attached hydrogen (secondary N) is 2. The van der Waals surface area contributed by atoms with Gasteiger partial charge in [-0.15, -0.1) is 0 Å². The van der Waals surface area contributed by atoms with E-state index in [1.165, 1.54) is 0 Å². The van der Waals surface area contributed by atoms with Crippen molar-refractivity contribution in [3.05, 3.63) is 28.2 Å². The van der Waals surface area contributed by atoms with Gasteiger partial charge in [0.25, 0.3) is 0 Å². The van der Waals surface area contributed by atoms with Gasteiger partial charge in [-0.25, -0.2) is 0 Å². The molecule has 5 heteroatoms. The predicted octanol–water partition coefficient (Wildman–Crippen LogP) is 1.73. The van der Waals surface area contributed by atoms with Gasteiger partial charge < -0.3 is 15.4 Å². The third-order valence-corrected chi connectivity index (χ3v) is 3.17. The first-order valence-corrected chi connectivity index (χ1v) is 6.70. The maximum absolute atomic E-state index is 11.5. The lowest BCUT2D eigenvalue weighted by atomic mass is 10.1. The fourth-order valence-electron chi connectivity index (χ4n) is 1.54. The van der Waals surface area contributed by atoms with Crippen molar-refractivity contribution in [1.82, 2.24) is 10.6 Å². The molecule has 0 aliphatic heterocycles. The summed E-state index contributed by atoms with van der Waals surface area (Å²) in [5, 5.41) is 5.84. The Bertz CT molecular complexity index is 397. The molecule has 1 aromatic rings. The quantitative estimate of drug-likeness (QED) is 0.754. The van der Waals surface area contributed by atoms with Crippen molar-refractivity contribution in [3.8, 4) is 5.75 Å². The van der Waals surface area contributed by atoms with E-state index >= 15 is 0 Å². The van der Waals surface area contributed by atoms with Gasteiger partial charge in [-0.3, -0.25) is 4.79 Å². The molecule has 100 valence electrons. The van der Waals surface area contributed by atoms with E-state index in [-0.39, 0.29) is 5.91 Å². The SMILES string of the molecule is CNCCNC(=O)CCc1ccc(OC)c(Br)c1. The van der Waals surface area contributed by atoms with Crippen LogP contribution < -0.4 is 15.4 Å². The second-order valence-electron chi connectivity index (χ2n) is 3.92. The zero-order valence-electron chi connectivity index (χ0n) is 10.8. The van der Waals surface area contributed by atoms with Crippen molar-refractivity contribution >= 4 is 21.8 Å². The Morgan fingerprint density at radius 3 is 2.78 bits per heavy atom. The van der Waals surface area contributed by atoms with E-state index in [1.54, 1.807) is 7.11 Å². The summed E-state index contributed by atoms with van der Waals surface area (Å²) in [7, 11) is 3.50. The Morgan fingerprint density at radius 1 is 1.39 bits per heavy atom. The minimum absolute atomic E-state index is 0.0807. The third kappa shape index (κ3) is 5.06. The van der Waals surface area contributed by atoms with E-state index in [4.69, 9.17) is 4.74 Å². The van der Waals surface area contributed by atoms with Crippen molar-refractivity contribution in [3.63, 3.8) is 0 Å². The molecule has 0 unspecified atom stereocenters. The Kier molecular flexibility index (Phi) is 6.75. The van der Waals surface area contributed by atoms with Gasteiger partial charge in [-0.2, -0.15) is 0 Å². The van der Waals surface area contributed by atoms with Gasteiger partial charge in [-0.1, -0.05) is 6.07 Å². The van der Waals surface area contributed by atoms with Crippen molar-refractivity contribution in [2.45, 2.75) is 12.8 Å². The first kappa shape index (κ1) is 15.0. The highest BCUT2D eigenvalue weighted by molar-refractivity contribution is 9.10. The maximum Gasteiger partial charge on any atom is 0.220 e. The summed E-state index contributed by atoms with van der Waals surface area (Å²) in [6.07, 6.45) is 1.23. The number of methoxy groups -OCH3 is 1. The number of rotatable bonds is 7. The number of carbonyl (C=O) groups is 1. The number of ether oxygens (including phenoxy) is 1. The van der Waals surface area contributed by atoms with Gasteiger partial charge in [0.2, 0.25) is 5.91 Å². The first-order chi connectivity index (χ1) is 8.67. The van der Waals surface area contributed by atoms with Crippen molar-refractivity contribution in [2.24, 2.45) is 0 Å². The van der Waals surface area contributed by atoms with Crippen LogP contribution >= 0.6 is 15.9 Å². The van der Waals surface area contributed by atoms with Crippen LogP contribution in [0.2, 0.25) is 0 Å². The number of hydrogen-bond acceptors (Lipinski definition) is 3. The van der Waals surface area contributed by atoms with Crippen molar-refractivity contribution < 1.29 is 9.53 Å². The van der Waals surface area contributed by atoms with E-state index < -0.39 is 0 Å². The number of hydrogen-bond donors (Lipinski definition) is 2. The van der Waals surface area contributed by atoms with Crippen LogP contribution in [0.1, 0.15) is 12.0 Å². The fourth-order valence-corrected chi connectivity index (χ4v) is 2.13. The number of aryl methyl sites for hydroxylation is 1. The largest absolute Gasteiger partial charge is 0.496 e. The van der Waals surface area contributed by atoms with E-state index in [9.17, 15) is 4.79 Å². The van der Waals surface area contributed by atoms with Crippen molar-refractivity contribution in [1.29, 1.82) is 0 Å². The summed E-state index contributed by atoms with van der Waals surface area (Å²) >= 11 is 3.43. The topological polar surface area (TPSA) is 50.4 Å². The molecule has 4 nitrogen and oxygen atoms in total. The zero-order valence-corrected chi connectivity index (χ0v) is 12.3. The molecule has 1 amide bonds. The molecule has 0 spiro atoms. The second-order valence-corrected chi connectivity index (χ2v) is 4.78. The lowest BCUT2D eigenvalue weighted by Crippen LogP contribution is -2.30. The summed E-state index contributed by atoms with van der Waals surface area (Å²) in [5.74, 6) is 0.884. The number of halogens is 1.